The minimum absolute atomic E-state index is 0.0313. The summed E-state index contributed by atoms with van der Waals surface area (Å²) in [4.78, 5) is 16.9. The summed E-state index contributed by atoms with van der Waals surface area (Å²) in [5.41, 5.74) is -0.725. The maximum absolute atomic E-state index is 15.0. The molecule has 182 valence electrons. The molecule has 1 aromatic carbocycles. The molecule has 0 fully saturated rings. The first-order chi connectivity index (χ1) is 15.7. The minimum Gasteiger partial charge on any atom is -0.591 e. The van der Waals surface area contributed by atoms with E-state index in [0.29, 0.717) is 0 Å². The number of ether oxygens (including phenoxy) is 1. The molecule has 8 nitrogen and oxygen atoms in total. The van der Waals surface area contributed by atoms with Crippen molar-refractivity contribution in [2.24, 2.45) is 4.40 Å². The number of benzene rings is 1. The van der Waals surface area contributed by atoms with E-state index in [1.165, 1.54) is 25.1 Å². The third-order valence-corrected chi connectivity index (χ3v) is 7.81. The first kappa shape index (κ1) is 25.9. The van der Waals surface area contributed by atoms with Gasteiger partial charge in [-0.3, -0.25) is 0 Å². The van der Waals surface area contributed by atoms with Gasteiger partial charge in [-0.05, 0) is 65.8 Å². The first-order valence-corrected chi connectivity index (χ1v) is 13.0. The number of hydrogen-bond donors (Lipinski definition) is 0. The van der Waals surface area contributed by atoms with Crippen molar-refractivity contribution >= 4 is 44.1 Å². The van der Waals surface area contributed by atoms with Crippen molar-refractivity contribution < 1.29 is 26.9 Å². The molecular formula is C23H26FN3O5S2. The number of hydrogen-bond acceptors (Lipinski definition) is 7. The maximum atomic E-state index is 15.0. The van der Waals surface area contributed by atoms with Crippen LogP contribution in [-0.4, -0.2) is 44.5 Å². The monoisotopic (exact) mass is 507 g/mol. The zero-order valence-corrected chi connectivity index (χ0v) is 21.3. The summed E-state index contributed by atoms with van der Waals surface area (Å²) in [6.45, 7) is 9.85. The summed E-state index contributed by atoms with van der Waals surface area (Å²) in [5.74, 6) is -1.69. The molecule has 0 saturated carbocycles. The average Bonchev–Trinajstić information content (AvgIpc) is 3.11. The zero-order chi connectivity index (χ0) is 25.4. The number of carbonyl (C=O) groups excluding carboxylic acids is 1. The van der Waals surface area contributed by atoms with Crippen LogP contribution in [0.4, 0.5) is 4.39 Å². The van der Waals surface area contributed by atoms with Crippen LogP contribution in [0.15, 0.2) is 51.8 Å². The Labute approximate surface area is 201 Å². The lowest BCUT2D eigenvalue weighted by Crippen LogP contribution is -2.27. The summed E-state index contributed by atoms with van der Waals surface area (Å²) in [6, 6.07) is 9.79. The topological polar surface area (TPSA) is 114 Å². The van der Waals surface area contributed by atoms with Crippen LogP contribution in [0.1, 0.15) is 57.7 Å². The smallest absolute Gasteiger partial charge is 0.356 e. The van der Waals surface area contributed by atoms with E-state index in [1.807, 2.05) is 0 Å². The van der Waals surface area contributed by atoms with Crippen LogP contribution in [0, 0.1) is 5.82 Å². The Kier molecular flexibility index (Phi) is 7.20. The van der Waals surface area contributed by atoms with Crippen molar-refractivity contribution in [1.29, 1.82) is 0 Å². The van der Waals surface area contributed by atoms with Crippen molar-refractivity contribution in [3.05, 3.63) is 59.7 Å². The minimum atomic E-state index is -4.30. The molecule has 3 aromatic rings. The largest absolute Gasteiger partial charge is 0.591 e. The standard InChI is InChI=1S/C23H26FN3O5S2/c1-14(2)32-22(28)19-13-16-12-18(24)20(15(3)26-33(29)23(4,5)6)25-21(16)27(19)34(30,31)17-10-8-7-9-11-17/h7-14H,1-6H3/b26-15+. The third-order valence-electron chi connectivity index (χ3n) is 4.61. The number of aromatic nitrogens is 2. The van der Waals surface area contributed by atoms with Gasteiger partial charge in [-0.25, -0.2) is 26.6 Å². The van der Waals surface area contributed by atoms with Crippen molar-refractivity contribution in [3.8, 4) is 0 Å². The van der Waals surface area contributed by atoms with Crippen LogP contribution in [0.2, 0.25) is 0 Å². The number of carbonyl (C=O) groups is 1. The Bertz CT molecular complexity index is 1360. The van der Waals surface area contributed by atoms with Gasteiger partial charge in [0.15, 0.2) is 11.5 Å². The molecule has 0 spiro atoms. The molecule has 0 aliphatic heterocycles. The van der Waals surface area contributed by atoms with E-state index < -0.39 is 44.0 Å². The molecule has 1 unspecified atom stereocenters. The Morgan fingerprint density at radius 2 is 1.82 bits per heavy atom. The van der Waals surface area contributed by atoms with Gasteiger partial charge in [-0.2, -0.15) is 0 Å². The number of pyridine rings is 1. The van der Waals surface area contributed by atoms with Gasteiger partial charge in [0.05, 0.1) is 11.0 Å². The second kappa shape index (κ2) is 9.47. The molecule has 2 aromatic heterocycles. The van der Waals surface area contributed by atoms with E-state index in [-0.39, 0.29) is 33.0 Å². The van der Waals surface area contributed by atoms with Gasteiger partial charge >= 0.3 is 5.97 Å². The summed E-state index contributed by atoms with van der Waals surface area (Å²) in [5, 5.41) is 0.0845. The molecule has 11 heteroatoms. The van der Waals surface area contributed by atoms with Crippen LogP contribution >= 0.6 is 0 Å². The second-order valence-corrected chi connectivity index (χ2v) is 12.5. The molecule has 0 amide bonds. The normalized spacial score (nSPS) is 14.0. The fourth-order valence-corrected chi connectivity index (χ4v) is 5.08. The number of esters is 1. The van der Waals surface area contributed by atoms with E-state index in [2.05, 4.69) is 9.38 Å². The fourth-order valence-electron chi connectivity index (χ4n) is 3.00. The predicted molar refractivity (Wildman–Crippen MR) is 129 cm³/mol. The van der Waals surface area contributed by atoms with Crippen LogP contribution in [0.5, 0.6) is 0 Å². The predicted octanol–water partition coefficient (Wildman–Crippen LogP) is 4.25. The number of fused-ring (bicyclic) bond motifs is 1. The van der Waals surface area contributed by atoms with E-state index in [0.717, 1.165) is 10.0 Å². The summed E-state index contributed by atoms with van der Waals surface area (Å²) < 4.78 is 63.8. The van der Waals surface area contributed by atoms with Gasteiger partial charge in [-0.1, -0.05) is 22.6 Å². The SMILES string of the molecule is C/C(=N\[S+]([O-])C(C)(C)C)c1nc2c(cc1F)cc(C(=O)OC(C)C)n2S(=O)(=O)c1ccccc1. The van der Waals surface area contributed by atoms with Gasteiger partial charge in [-0.15, -0.1) is 0 Å². The van der Waals surface area contributed by atoms with Gasteiger partial charge in [0.2, 0.25) is 0 Å². The maximum Gasteiger partial charge on any atom is 0.356 e. The number of nitrogens with zero attached hydrogens (tertiary/aromatic N) is 3. The first-order valence-electron chi connectivity index (χ1n) is 10.4. The quantitative estimate of drug-likeness (QED) is 0.280. The average molecular weight is 508 g/mol. The lowest BCUT2D eigenvalue weighted by atomic mass is 10.2. The van der Waals surface area contributed by atoms with Crippen molar-refractivity contribution in [2.45, 2.75) is 57.3 Å². The van der Waals surface area contributed by atoms with Crippen LogP contribution in [-0.2, 0) is 26.1 Å². The Morgan fingerprint density at radius 1 is 1.21 bits per heavy atom. The Balaban J connectivity index is 2.32. The molecule has 0 aliphatic carbocycles. The number of rotatable bonds is 6. The van der Waals surface area contributed by atoms with E-state index >= 15 is 0 Å². The summed E-state index contributed by atoms with van der Waals surface area (Å²) in [6.07, 6.45) is -0.514. The Hall–Kier alpha value is -2.76. The molecule has 0 radical (unpaired) electrons. The van der Waals surface area contributed by atoms with E-state index in [1.54, 1.807) is 52.8 Å². The van der Waals surface area contributed by atoms with Gasteiger partial charge in [0, 0.05) is 5.39 Å². The van der Waals surface area contributed by atoms with Gasteiger partial charge in [0.1, 0.15) is 33.2 Å². The van der Waals surface area contributed by atoms with Gasteiger partial charge < -0.3 is 9.29 Å². The summed E-state index contributed by atoms with van der Waals surface area (Å²) >= 11 is -1.69. The van der Waals surface area contributed by atoms with Crippen LogP contribution in [0.3, 0.4) is 0 Å². The van der Waals surface area contributed by atoms with Crippen molar-refractivity contribution in [3.63, 3.8) is 0 Å². The second-order valence-electron chi connectivity index (χ2n) is 8.84. The van der Waals surface area contributed by atoms with Crippen molar-refractivity contribution in [1.82, 2.24) is 8.96 Å². The molecule has 1 atom stereocenters. The molecule has 34 heavy (non-hydrogen) atoms. The highest BCUT2D eigenvalue weighted by atomic mass is 32.2. The van der Waals surface area contributed by atoms with E-state index in [9.17, 15) is 22.2 Å². The van der Waals surface area contributed by atoms with Crippen molar-refractivity contribution in [2.75, 3.05) is 0 Å². The molecule has 0 N–H and O–H groups in total. The van der Waals surface area contributed by atoms with Gasteiger partial charge in [0.25, 0.3) is 10.0 Å². The van der Waals surface area contributed by atoms with Crippen LogP contribution in [0.25, 0.3) is 11.0 Å². The highest BCUT2D eigenvalue weighted by Gasteiger charge is 2.31. The molecule has 2 heterocycles. The van der Waals surface area contributed by atoms with E-state index in [4.69, 9.17) is 4.74 Å². The third kappa shape index (κ3) is 5.16. The summed E-state index contributed by atoms with van der Waals surface area (Å²) in [7, 11) is -4.30. The van der Waals surface area contributed by atoms with Crippen LogP contribution < -0.4 is 0 Å². The fraction of sp³-hybridized carbons (Fsp3) is 0.348. The molecule has 0 saturated heterocycles. The molecule has 0 aliphatic rings. The number of halogens is 1. The molecular weight excluding hydrogens is 481 g/mol. The Morgan fingerprint density at radius 3 is 2.38 bits per heavy atom. The zero-order valence-electron chi connectivity index (χ0n) is 19.7. The molecule has 0 bridgehead atoms. The highest BCUT2D eigenvalue weighted by Crippen LogP contribution is 2.28. The lowest BCUT2D eigenvalue weighted by molar-refractivity contribution is 0.0370. The highest BCUT2D eigenvalue weighted by molar-refractivity contribution is 7.91. The molecule has 3 rings (SSSR count). The lowest BCUT2D eigenvalue weighted by Gasteiger charge is -2.18.